The van der Waals surface area contributed by atoms with Gasteiger partial charge in [-0.15, -0.1) is 0 Å². The van der Waals surface area contributed by atoms with Crippen molar-refractivity contribution in [3.63, 3.8) is 0 Å². The van der Waals surface area contributed by atoms with Crippen LogP contribution in [0.5, 0.6) is 5.75 Å². The molecule has 1 aromatic heterocycles. The first kappa shape index (κ1) is 17.2. The summed E-state index contributed by atoms with van der Waals surface area (Å²) in [6.45, 7) is 3.54. The molecule has 0 saturated carbocycles. The maximum atomic E-state index is 11.7. The Hall–Kier alpha value is -1.82. The third kappa shape index (κ3) is 4.90. The van der Waals surface area contributed by atoms with Gasteiger partial charge in [-0.25, -0.2) is 0 Å². The molecule has 0 spiro atoms. The highest BCUT2D eigenvalue weighted by atomic mass is 16.5. The molecule has 0 aliphatic carbocycles. The van der Waals surface area contributed by atoms with Crippen molar-refractivity contribution in [1.29, 1.82) is 0 Å². The van der Waals surface area contributed by atoms with Crippen molar-refractivity contribution in [2.75, 3.05) is 6.61 Å². The highest BCUT2D eigenvalue weighted by Crippen LogP contribution is 2.31. The summed E-state index contributed by atoms with van der Waals surface area (Å²) >= 11 is 0. The predicted octanol–water partition coefficient (Wildman–Crippen LogP) is 2.06. The average Bonchev–Trinajstić information content (AvgIpc) is 2.46. The Morgan fingerprint density at radius 3 is 2.71 bits per heavy atom. The molecule has 0 aliphatic heterocycles. The molecule has 0 saturated heterocycles. The minimum atomic E-state index is -0.620. The normalized spacial score (nSPS) is 12.1. The SMILES string of the molecule is CCCCC(CC(=O)OCC)c1oc(CO)cc(=O)c1O. The van der Waals surface area contributed by atoms with E-state index in [2.05, 4.69) is 0 Å². The predicted molar refractivity (Wildman–Crippen MR) is 76.1 cm³/mol. The number of aliphatic hydroxyl groups is 1. The number of aliphatic hydroxyl groups excluding tert-OH is 1. The smallest absolute Gasteiger partial charge is 0.306 e. The van der Waals surface area contributed by atoms with Crippen LogP contribution in [-0.2, 0) is 16.1 Å². The van der Waals surface area contributed by atoms with Gasteiger partial charge in [0.05, 0.1) is 13.0 Å². The quantitative estimate of drug-likeness (QED) is 0.713. The lowest BCUT2D eigenvalue weighted by molar-refractivity contribution is -0.143. The second kappa shape index (κ2) is 8.46. The van der Waals surface area contributed by atoms with Gasteiger partial charge in [0, 0.05) is 12.0 Å². The van der Waals surface area contributed by atoms with E-state index < -0.39 is 29.7 Å². The first-order chi connectivity index (χ1) is 10.0. The van der Waals surface area contributed by atoms with Crippen LogP contribution >= 0.6 is 0 Å². The molecule has 6 nitrogen and oxygen atoms in total. The average molecular weight is 298 g/mol. The summed E-state index contributed by atoms with van der Waals surface area (Å²) in [5, 5.41) is 19.0. The lowest BCUT2D eigenvalue weighted by atomic mass is 9.94. The summed E-state index contributed by atoms with van der Waals surface area (Å²) in [5.41, 5.74) is -0.620. The van der Waals surface area contributed by atoms with Crippen LogP contribution in [0.2, 0.25) is 0 Å². The minimum Gasteiger partial charge on any atom is -0.502 e. The van der Waals surface area contributed by atoms with Crippen LogP contribution < -0.4 is 5.43 Å². The third-order valence-electron chi connectivity index (χ3n) is 3.15. The van der Waals surface area contributed by atoms with E-state index in [0.717, 1.165) is 18.9 Å². The van der Waals surface area contributed by atoms with Crippen LogP contribution in [0.4, 0.5) is 0 Å². The van der Waals surface area contributed by atoms with Crippen molar-refractivity contribution in [2.24, 2.45) is 0 Å². The first-order valence-electron chi connectivity index (χ1n) is 7.15. The lowest BCUT2D eigenvalue weighted by Gasteiger charge is -2.16. The highest BCUT2D eigenvalue weighted by Gasteiger charge is 2.24. The zero-order chi connectivity index (χ0) is 15.8. The summed E-state index contributed by atoms with van der Waals surface area (Å²) in [4.78, 5) is 23.3. The van der Waals surface area contributed by atoms with Crippen molar-refractivity contribution >= 4 is 5.97 Å². The summed E-state index contributed by atoms with van der Waals surface area (Å²) in [7, 11) is 0. The molecule has 2 N–H and O–H groups in total. The van der Waals surface area contributed by atoms with Crippen LogP contribution in [0, 0.1) is 0 Å². The molecule has 1 atom stereocenters. The van der Waals surface area contributed by atoms with Crippen molar-refractivity contribution in [2.45, 2.75) is 52.1 Å². The Morgan fingerprint density at radius 2 is 2.14 bits per heavy atom. The number of aromatic hydroxyl groups is 1. The van der Waals surface area contributed by atoms with Gasteiger partial charge >= 0.3 is 5.97 Å². The number of carbonyl (C=O) groups excluding carboxylic acids is 1. The molecule has 0 bridgehead atoms. The molecule has 0 aliphatic rings. The summed E-state index contributed by atoms with van der Waals surface area (Å²) in [6, 6.07) is 1.04. The molecule has 1 aromatic rings. The van der Waals surface area contributed by atoms with E-state index in [1.165, 1.54) is 0 Å². The topological polar surface area (TPSA) is 97.0 Å². The Balaban J connectivity index is 3.09. The maximum absolute atomic E-state index is 11.7. The van der Waals surface area contributed by atoms with Gasteiger partial charge in [-0.1, -0.05) is 19.8 Å². The van der Waals surface area contributed by atoms with Crippen molar-refractivity contribution in [3.05, 3.63) is 27.8 Å². The number of hydrogen-bond acceptors (Lipinski definition) is 6. The zero-order valence-corrected chi connectivity index (χ0v) is 12.4. The van der Waals surface area contributed by atoms with Gasteiger partial charge in [-0.3, -0.25) is 9.59 Å². The summed E-state index contributed by atoms with van der Waals surface area (Å²) in [5.74, 6) is -1.23. The van der Waals surface area contributed by atoms with Gasteiger partial charge in [-0.2, -0.15) is 0 Å². The standard InChI is InChI=1S/C15H22O6/c1-3-5-6-10(7-13(18)20-4-2)15-14(19)12(17)8-11(9-16)21-15/h8,10,16,19H,3-7,9H2,1-2H3. The molecule has 0 fully saturated rings. The number of rotatable bonds is 8. The van der Waals surface area contributed by atoms with Gasteiger partial charge < -0.3 is 19.4 Å². The largest absolute Gasteiger partial charge is 0.502 e. The van der Waals surface area contributed by atoms with E-state index in [-0.39, 0.29) is 24.5 Å². The number of hydrogen-bond donors (Lipinski definition) is 2. The van der Waals surface area contributed by atoms with E-state index >= 15 is 0 Å². The van der Waals surface area contributed by atoms with E-state index in [0.29, 0.717) is 6.42 Å². The fourth-order valence-electron chi connectivity index (χ4n) is 2.11. The fraction of sp³-hybridized carbons (Fsp3) is 0.600. The first-order valence-corrected chi connectivity index (χ1v) is 7.15. The Kier molecular flexibility index (Phi) is 6.94. The van der Waals surface area contributed by atoms with E-state index in [1.54, 1.807) is 6.92 Å². The molecule has 1 rings (SSSR count). The summed E-state index contributed by atoms with van der Waals surface area (Å²) < 4.78 is 10.3. The Labute approximate surface area is 123 Å². The second-order valence-electron chi connectivity index (χ2n) is 4.80. The Bertz CT molecular complexity index is 519. The van der Waals surface area contributed by atoms with Gasteiger partial charge in [0.2, 0.25) is 11.2 Å². The molecule has 1 heterocycles. The molecule has 0 amide bonds. The zero-order valence-electron chi connectivity index (χ0n) is 12.4. The van der Waals surface area contributed by atoms with Crippen LogP contribution in [0.3, 0.4) is 0 Å². The number of unbranched alkanes of at least 4 members (excludes halogenated alkanes) is 1. The number of ether oxygens (including phenoxy) is 1. The van der Waals surface area contributed by atoms with Gasteiger partial charge in [0.1, 0.15) is 12.4 Å². The highest BCUT2D eigenvalue weighted by molar-refractivity contribution is 5.70. The molecular weight excluding hydrogens is 276 g/mol. The molecular formula is C15H22O6. The molecule has 6 heteroatoms. The van der Waals surface area contributed by atoms with Crippen LogP contribution in [0.25, 0.3) is 0 Å². The van der Waals surface area contributed by atoms with E-state index in [1.807, 2.05) is 6.92 Å². The van der Waals surface area contributed by atoms with Crippen molar-refractivity contribution in [1.82, 2.24) is 0 Å². The fourth-order valence-corrected chi connectivity index (χ4v) is 2.11. The van der Waals surface area contributed by atoms with E-state index in [9.17, 15) is 14.7 Å². The third-order valence-corrected chi connectivity index (χ3v) is 3.15. The molecule has 0 aromatic carbocycles. The molecule has 1 unspecified atom stereocenters. The van der Waals surface area contributed by atoms with Crippen LogP contribution in [0.15, 0.2) is 15.3 Å². The maximum Gasteiger partial charge on any atom is 0.306 e. The minimum absolute atomic E-state index is 0.0270. The molecule has 21 heavy (non-hydrogen) atoms. The van der Waals surface area contributed by atoms with E-state index in [4.69, 9.17) is 14.3 Å². The van der Waals surface area contributed by atoms with Crippen LogP contribution in [0.1, 0.15) is 57.0 Å². The van der Waals surface area contributed by atoms with Crippen molar-refractivity contribution in [3.8, 4) is 5.75 Å². The van der Waals surface area contributed by atoms with Crippen molar-refractivity contribution < 1.29 is 24.2 Å². The van der Waals surface area contributed by atoms with Gasteiger partial charge in [0.15, 0.2) is 5.76 Å². The number of carbonyl (C=O) groups is 1. The van der Waals surface area contributed by atoms with Crippen LogP contribution in [-0.4, -0.2) is 22.8 Å². The van der Waals surface area contributed by atoms with Gasteiger partial charge in [0.25, 0.3) is 0 Å². The monoisotopic (exact) mass is 298 g/mol. The summed E-state index contributed by atoms with van der Waals surface area (Å²) in [6.07, 6.45) is 2.33. The van der Waals surface area contributed by atoms with Gasteiger partial charge in [-0.05, 0) is 13.3 Å². The number of esters is 1. The molecule has 0 radical (unpaired) electrons. The lowest BCUT2D eigenvalue weighted by Crippen LogP contribution is -2.14. The molecule has 118 valence electrons. The second-order valence-corrected chi connectivity index (χ2v) is 4.80. The Morgan fingerprint density at radius 1 is 1.43 bits per heavy atom.